The number of rotatable bonds is 1. The molecule has 0 radical (unpaired) electrons. The van der Waals surface area contributed by atoms with Crippen LogP contribution in [0.1, 0.15) is 10.6 Å². The van der Waals surface area contributed by atoms with Gasteiger partial charge in [-0.3, -0.25) is 9.20 Å². The zero-order valence-electron chi connectivity index (χ0n) is 5.52. The molecule has 2 N–H and O–H groups in total. The highest BCUT2D eigenvalue weighted by atomic mass is 32.1. The third kappa shape index (κ3) is 0.813. The van der Waals surface area contributed by atoms with E-state index in [4.69, 9.17) is 5.73 Å². The fraction of sp³-hybridized carbons (Fsp3) is 0. The fourth-order valence-electron chi connectivity index (χ4n) is 0.920. The Morgan fingerprint density at radius 1 is 1.73 bits per heavy atom. The van der Waals surface area contributed by atoms with Crippen molar-refractivity contribution in [2.75, 3.05) is 0 Å². The van der Waals surface area contributed by atoms with Gasteiger partial charge < -0.3 is 5.73 Å². The first kappa shape index (κ1) is 6.36. The third-order valence-corrected chi connectivity index (χ3v) is 2.18. The number of carbonyl (C=O) groups excluding carboxylic acids is 1. The van der Waals surface area contributed by atoms with Crippen LogP contribution in [0, 0.1) is 0 Å². The quantitative estimate of drug-likeness (QED) is 0.672. The van der Waals surface area contributed by atoms with Gasteiger partial charge in [-0.15, -0.1) is 11.3 Å². The summed E-state index contributed by atoms with van der Waals surface area (Å²) in [7, 11) is 0. The number of amides is 1. The number of primary amides is 1. The highest BCUT2D eigenvalue weighted by molar-refractivity contribution is 7.15. The fourth-order valence-corrected chi connectivity index (χ4v) is 1.62. The van der Waals surface area contributed by atoms with E-state index >= 15 is 0 Å². The van der Waals surface area contributed by atoms with Crippen molar-refractivity contribution >= 4 is 22.1 Å². The third-order valence-electron chi connectivity index (χ3n) is 1.38. The molecule has 0 spiro atoms. The summed E-state index contributed by atoms with van der Waals surface area (Å²) in [5.74, 6) is -0.204. The molecule has 0 aliphatic rings. The Bertz CT molecular complexity index is 403. The Morgan fingerprint density at radius 2 is 2.55 bits per heavy atom. The molecule has 5 heteroatoms. The van der Waals surface area contributed by atoms with Crippen LogP contribution in [0.4, 0.5) is 0 Å². The lowest BCUT2D eigenvalue weighted by Crippen LogP contribution is -2.14. The van der Waals surface area contributed by atoms with Gasteiger partial charge in [0.1, 0.15) is 4.83 Å². The summed E-state index contributed by atoms with van der Waals surface area (Å²) in [6, 6.07) is 0. The zero-order valence-corrected chi connectivity index (χ0v) is 6.34. The van der Waals surface area contributed by atoms with Crippen LogP contribution in [0.2, 0.25) is 0 Å². The van der Waals surface area contributed by atoms with Crippen LogP contribution in [-0.2, 0) is 0 Å². The summed E-state index contributed by atoms with van der Waals surface area (Å²) in [5, 5.41) is 1.88. The first-order valence-electron chi connectivity index (χ1n) is 2.99. The second-order valence-corrected chi connectivity index (χ2v) is 2.98. The lowest BCUT2D eigenvalue weighted by atomic mass is 10.6. The van der Waals surface area contributed by atoms with E-state index < -0.39 is 5.91 Å². The van der Waals surface area contributed by atoms with Crippen molar-refractivity contribution in [2.45, 2.75) is 0 Å². The van der Waals surface area contributed by atoms with Crippen molar-refractivity contribution in [1.29, 1.82) is 0 Å². The summed E-state index contributed by atoms with van der Waals surface area (Å²) in [6.45, 7) is 0. The number of nitrogens with zero attached hydrogens (tertiary/aromatic N) is 2. The van der Waals surface area contributed by atoms with Gasteiger partial charge in [-0.05, 0) is 0 Å². The molecule has 0 saturated carbocycles. The molecule has 0 atom stereocenters. The van der Waals surface area contributed by atoms with Gasteiger partial charge in [0.05, 0.1) is 6.20 Å². The van der Waals surface area contributed by atoms with Gasteiger partial charge >= 0.3 is 0 Å². The number of aromatic nitrogens is 2. The molecule has 2 aromatic rings. The summed E-state index contributed by atoms with van der Waals surface area (Å²) < 4.78 is 1.67. The van der Waals surface area contributed by atoms with Crippen LogP contribution in [0.5, 0.6) is 0 Å². The van der Waals surface area contributed by atoms with Gasteiger partial charge in [0.15, 0.2) is 0 Å². The van der Waals surface area contributed by atoms with E-state index in [1.807, 2.05) is 5.38 Å². The SMILES string of the molecule is NC(=O)c1ncc2sccn12. The van der Waals surface area contributed by atoms with Crippen LogP contribution in [0.15, 0.2) is 17.8 Å². The summed E-state index contributed by atoms with van der Waals surface area (Å²) in [6.07, 6.45) is 3.40. The predicted octanol–water partition coefficient (Wildman–Crippen LogP) is 0.495. The van der Waals surface area contributed by atoms with E-state index in [0.29, 0.717) is 5.82 Å². The number of nitrogens with two attached hydrogens (primary N) is 1. The van der Waals surface area contributed by atoms with Crippen molar-refractivity contribution in [1.82, 2.24) is 9.38 Å². The van der Waals surface area contributed by atoms with Crippen LogP contribution >= 0.6 is 11.3 Å². The molecule has 4 nitrogen and oxygen atoms in total. The van der Waals surface area contributed by atoms with E-state index in [9.17, 15) is 4.79 Å². The van der Waals surface area contributed by atoms with Gasteiger partial charge in [0, 0.05) is 11.6 Å². The Kier molecular flexibility index (Phi) is 1.19. The highest BCUT2D eigenvalue weighted by Gasteiger charge is 2.08. The molecule has 2 rings (SSSR count). The molecular weight excluding hydrogens is 162 g/mol. The maximum atomic E-state index is 10.7. The minimum absolute atomic E-state index is 0.293. The van der Waals surface area contributed by atoms with E-state index in [2.05, 4.69) is 4.98 Å². The minimum atomic E-state index is -0.497. The maximum absolute atomic E-state index is 10.7. The summed E-state index contributed by atoms with van der Waals surface area (Å²) >= 11 is 1.52. The lowest BCUT2D eigenvalue weighted by molar-refractivity contribution is 0.0990. The molecule has 2 aromatic heterocycles. The smallest absolute Gasteiger partial charge is 0.285 e. The lowest BCUT2D eigenvalue weighted by Gasteiger charge is -1.87. The summed E-state index contributed by atoms with van der Waals surface area (Å²) in [5.41, 5.74) is 5.07. The Balaban J connectivity index is 2.78. The molecule has 0 aliphatic carbocycles. The van der Waals surface area contributed by atoms with Crippen molar-refractivity contribution in [3.63, 3.8) is 0 Å². The molecule has 11 heavy (non-hydrogen) atoms. The van der Waals surface area contributed by atoms with Gasteiger partial charge in [-0.1, -0.05) is 0 Å². The van der Waals surface area contributed by atoms with Crippen molar-refractivity contribution in [3.8, 4) is 0 Å². The number of carbonyl (C=O) groups is 1. The van der Waals surface area contributed by atoms with Crippen LogP contribution in [-0.4, -0.2) is 15.3 Å². The number of fused-ring (bicyclic) bond motifs is 1. The van der Waals surface area contributed by atoms with Gasteiger partial charge in [0.2, 0.25) is 5.82 Å². The molecule has 1 amide bonds. The van der Waals surface area contributed by atoms with Gasteiger partial charge in [-0.2, -0.15) is 0 Å². The molecule has 0 saturated heterocycles. The van der Waals surface area contributed by atoms with E-state index in [1.165, 1.54) is 11.3 Å². The Morgan fingerprint density at radius 3 is 3.27 bits per heavy atom. The molecule has 0 fully saturated rings. The van der Waals surface area contributed by atoms with E-state index in [-0.39, 0.29) is 0 Å². The van der Waals surface area contributed by atoms with Crippen molar-refractivity contribution in [3.05, 3.63) is 23.6 Å². The molecule has 56 valence electrons. The summed E-state index contributed by atoms with van der Waals surface area (Å²) in [4.78, 5) is 15.5. The van der Waals surface area contributed by atoms with Crippen LogP contribution in [0.3, 0.4) is 0 Å². The number of hydrogen-bond acceptors (Lipinski definition) is 3. The molecule has 0 aromatic carbocycles. The first-order chi connectivity index (χ1) is 5.29. The molecule has 2 heterocycles. The topological polar surface area (TPSA) is 60.4 Å². The van der Waals surface area contributed by atoms with E-state index in [1.54, 1.807) is 16.8 Å². The largest absolute Gasteiger partial charge is 0.363 e. The second-order valence-electron chi connectivity index (χ2n) is 2.06. The van der Waals surface area contributed by atoms with E-state index in [0.717, 1.165) is 4.83 Å². The predicted molar refractivity (Wildman–Crippen MR) is 41.6 cm³/mol. The van der Waals surface area contributed by atoms with Crippen LogP contribution in [0.25, 0.3) is 4.83 Å². The minimum Gasteiger partial charge on any atom is -0.363 e. The molecule has 0 bridgehead atoms. The normalized spacial score (nSPS) is 10.5. The maximum Gasteiger partial charge on any atom is 0.285 e. The molecular formula is C6H5N3OS. The number of thiazole rings is 1. The van der Waals surface area contributed by atoms with Crippen molar-refractivity contribution in [2.24, 2.45) is 5.73 Å². The zero-order chi connectivity index (χ0) is 7.84. The number of imidazole rings is 1. The standard InChI is InChI=1S/C6H5N3OS/c7-5(10)6-8-3-4-9(6)1-2-11-4/h1-3H,(H2,7,10). The Labute approximate surface area is 66.3 Å². The monoisotopic (exact) mass is 167 g/mol. The second kappa shape index (κ2) is 2.06. The molecule has 0 aliphatic heterocycles. The Hall–Kier alpha value is -1.36. The van der Waals surface area contributed by atoms with Gasteiger partial charge in [0.25, 0.3) is 5.91 Å². The first-order valence-corrected chi connectivity index (χ1v) is 3.87. The average molecular weight is 167 g/mol. The molecule has 0 unspecified atom stereocenters. The number of hydrogen-bond donors (Lipinski definition) is 1. The van der Waals surface area contributed by atoms with Gasteiger partial charge in [-0.25, -0.2) is 4.98 Å². The average Bonchev–Trinajstić information content (AvgIpc) is 2.41. The highest BCUT2D eigenvalue weighted by Crippen LogP contribution is 2.12. The van der Waals surface area contributed by atoms with Crippen LogP contribution < -0.4 is 5.73 Å². The van der Waals surface area contributed by atoms with Crippen molar-refractivity contribution < 1.29 is 4.79 Å².